The minimum Gasteiger partial charge on any atom is -0.481 e. The number of H-pyrrole nitrogens is 1. The molecule has 0 aliphatic carbocycles. The summed E-state index contributed by atoms with van der Waals surface area (Å²) in [5.41, 5.74) is 1.92. The van der Waals surface area contributed by atoms with Crippen molar-refractivity contribution in [2.75, 3.05) is 12.4 Å². The minimum atomic E-state index is -0.425. The second kappa shape index (κ2) is 5.96. The van der Waals surface area contributed by atoms with Crippen LogP contribution in [0.3, 0.4) is 0 Å². The van der Waals surface area contributed by atoms with E-state index in [1.54, 1.807) is 11.8 Å². The molecule has 0 radical (unpaired) electrons. The van der Waals surface area contributed by atoms with Gasteiger partial charge in [0, 0.05) is 13.6 Å². The Kier molecular flexibility index (Phi) is 4.29. The molecule has 2 aromatic rings. The molecule has 8 heteroatoms. The molecule has 0 bridgehead atoms. The molecule has 0 aromatic carbocycles. The van der Waals surface area contributed by atoms with Crippen LogP contribution in [0.2, 0.25) is 5.02 Å². The maximum Gasteiger partial charge on any atom is 0.285 e. The molecular weight excluding hydrogens is 282 g/mol. The number of nitrogens with zero attached hydrogens (tertiary/aromatic N) is 3. The second-order valence-corrected chi connectivity index (χ2v) is 4.57. The Labute approximate surface area is 120 Å². The highest BCUT2D eigenvalue weighted by Gasteiger charge is 2.16. The van der Waals surface area contributed by atoms with Crippen LogP contribution in [0.1, 0.15) is 18.2 Å². The zero-order chi connectivity index (χ0) is 14.7. The van der Waals surface area contributed by atoms with Crippen LogP contribution in [0.25, 0.3) is 0 Å². The first-order valence-corrected chi connectivity index (χ1v) is 6.52. The molecule has 0 saturated carbocycles. The molecule has 2 heterocycles. The summed E-state index contributed by atoms with van der Waals surface area (Å²) >= 11 is 5.91. The SMILES string of the molecule is CCc1nn(C)c(OC)c1CNc1cn[nH]c(=O)c1Cl. The molecule has 7 nitrogen and oxygen atoms in total. The van der Waals surface area contributed by atoms with E-state index in [0.29, 0.717) is 18.1 Å². The first-order valence-electron chi connectivity index (χ1n) is 6.14. The van der Waals surface area contributed by atoms with Crippen molar-refractivity contribution in [2.24, 2.45) is 7.05 Å². The zero-order valence-corrected chi connectivity index (χ0v) is 12.3. The predicted octanol–water partition coefficient (Wildman–Crippen LogP) is 1.34. The standard InChI is InChI=1S/C12H16ClN5O2/c1-4-8-7(12(20-3)18(2)17-8)5-14-9-6-15-16-11(19)10(9)13/h6H,4-5H2,1-3H3,(H2,14,16,19). The largest absolute Gasteiger partial charge is 0.481 e. The summed E-state index contributed by atoms with van der Waals surface area (Å²) < 4.78 is 7.03. The highest BCUT2D eigenvalue weighted by Crippen LogP contribution is 2.24. The van der Waals surface area contributed by atoms with E-state index in [1.807, 2.05) is 14.0 Å². The van der Waals surface area contributed by atoms with Gasteiger partial charge in [0.1, 0.15) is 5.02 Å². The van der Waals surface area contributed by atoms with Crippen LogP contribution < -0.4 is 15.6 Å². The quantitative estimate of drug-likeness (QED) is 0.870. The van der Waals surface area contributed by atoms with Crippen molar-refractivity contribution in [3.05, 3.63) is 32.8 Å². The summed E-state index contributed by atoms with van der Waals surface area (Å²) in [7, 11) is 3.42. The van der Waals surface area contributed by atoms with Gasteiger partial charge in [0.15, 0.2) is 0 Å². The fraction of sp³-hybridized carbons (Fsp3) is 0.417. The number of hydrogen-bond donors (Lipinski definition) is 2. The summed E-state index contributed by atoms with van der Waals surface area (Å²) in [5, 5.41) is 13.5. The van der Waals surface area contributed by atoms with Crippen LogP contribution >= 0.6 is 11.6 Å². The van der Waals surface area contributed by atoms with Gasteiger partial charge in [-0.2, -0.15) is 10.2 Å². The van der Waals surface area contributed by atoms with Gasteiger partial charge >= 0.3 is 0 Å². The maximum atomic E-state index is 11.4. The monoisotopic (exact) mass is 297 g/mol. The summed E-state index contributed by atoms with van der Waals surface area (Å²) in [6, 6.07) is 0. The lowest BCUT2D eigenvalue weighted by atomic mass is 10.2. The van der Waals surface area contributed by atoms with Crippen molar-refractivity contribution in [1.82, 2.24) is 20.0 Å². The average Bonchev–Trinajstić information content (AvgIpc) is 2.75. The van der Waals surface area contributed by atoms with Gasteiger partial charge in [0.05, 0.1) is 30.3 Å². The number of anilines is 1. The Morgan fingerprint density at radius 3 is 2.95 bits per heavy atom. The van der Waals surface area contributed by atoms with Gasteiger partial charge in [-0.3, -0.25) is 4.79 Å². The van der Waals surface area contributed by atoms with Gasteiger partial charge < -0.3 is 10.1 Å². The van der Waals surface area contributed by atoms with Crippen molar-refractivity contribution < 1.29 is 4.74 Å². The number of rotatable bonds is 5. The molecule has 20 heavy (non-hydrogen) atoms. The molecule has 0 spiro atoms. The third-order valence-electron chi connectivity index (χ3n) is 2.95. The maximum absolute atomic E-state index is 11.4. The van der Waals surface area contributed by atoms with E-state index >= 15 is 0 Å². The molecular formula is C12H16ClN5O2. The normalized spacial score (nSPS) is 10.6. The third kappa shape index (κ3) is 2.62. The van der Waals surface area contributed by atoms with Gasteiger partial charge in [-0.1, -0.05) is 18.5 Å². The Morgan fingerprint density at radius 2 is 2.30 bits per heavy atom. The van der Waals surface area contributed by atoms with E-state index < -0.39 is 5.56 Å². The van der Waals surface area contributed by atoms with Crippen LogP contribution in [0, 0.1) is 0 Å². The van der Waals surface area contributed by atoms with Gasteiger partial charge in [-0.15, -0.1) is 0 Å². The number of aromatic amines is 1. The molecule has 0 aliphatic rings. The molecule has 0 amide bonds. The molecule has 0 unspecified atom stereocenters. The summed E-state index contributed by atoms with van der Waals surface area (Å²) in [4.78, 5) is 11.4. The summed E-state index contributed by atoms with van der Waals surface area (Å²) in [5.74, 6) is 0.684. The van der Waals surface area contributed by atoms with Crippen molar-refractivity contribution in [2.45, 2.75) is 19.9 Å². The minimum absolute atomic E-state index is 0.0842. The van der Waals surface area contributed by atoms with Crippen molar-refractivity contribution >= 4 is 17.3 Å². The Balaban J connectivity index is 2.27. The fourth-order valence-corrected chi connectivity index (χ4v) is 2.17. The van der Waals surface area contributed by atoms with E-state index in [2.05, 4.69) is 20.6 Å². The first-order chi connectivity index (χ1) is 9.58. The number of nitrogens with one attached hydrogen (secondary N) is 2. The highest BCUT2D eigenvalue weighted by molar-refractivity contribution is 6.32. The summed E-state index contributed by atoms with van der Waals surface area (Å²) in [6.07, 6.45) is 2.26. The highest BCUT2D eigenvalue weighted by atomic mass is 35.5. The van der Waals surface area contributed by atoms with Crippen molar-refractivity contribution in [3.8, 4) is 5.88 Å². The Morgan fingerprint density at radius 1 is 1.55 bits per heavy atom. The van der Waals surface area contributed by atoms with Crippen molar-refractivity contribution in [1.29, 1.82) is 0 Å². The van der Waals surface area contributed by atoms with Crippen LogP contribution in [0.4, 0.5) is 5.69 Å². The average molecular weight is 298 g/mol. The van der Waals surface area contributed by atoms with E-state index in [0.717, 1.165) is 17.7 Å². The van der Waals surface area contributed by atoms with Gasteiger partial charge in [-0.05, 0) is 6.42 Å². The molecule has 2 rings (SSSR count). The van der Waals surface area contributed by atoms with Crippen LogP contribution in [0.15, 0.2) is 11.0 Å². The van der Waals surface area contributed by atoms with Gasteiger partial charge in [0.25, 0.3) is 5.56 Å². The van der Waals surface area contributed by atoms with E-state index in [4.69, 9.17) is 16.3 Å². The molecule has 108 valence electrons. The number of aryl methyl sites for hydroxylation is 2. The lowest BCUT2D eigenvalue weighted by Gasteiger charge is -2.09. The van der Waals surface area contributed by atoms with E-state index in [9.17, 15) is 4.79 Å². The van der Waals surface area contributed by atoms with Gasteiger partial charge in [-0.25, -0.2) is 9.78 Å². The summed E-state index contributed by atoms with van der Waals surface area (Å²) in [6.45, 7) is 2.47. The van der Waals surface area contributed by atoms with Crippen LogP contribution in [-0.2, 0) is 20.0 Å². The molecule has 0 aliphatic heterocycles. The zero-order valence-electron chi connectivity index (χ0n) is 11.5. The second-order valence-electron chi connectivity index (χ2n) is 4.19. The number of halogens is 1. The predicted molar refractivity (Wildman–Crippen MR) is 76.3 cm³/mol. The van der Waals surface area contributed by atoms with Crippen molar-refractivity contribution in [3.63, 3.8) is 0 Å². The topological polar surface area (TPSA) is 84.8 Å². The Hall–Kier alpha value is -2.02. The Bertz CT molecular complexity index is 664. The fourth-order valence-electron chi connectivity index (χ4n) is 2.01. The lowest BCUT2D eigenvalue weighted by molar-refractivity contribution is 0.370. The number of methoxy groups -OCH3 is 1. The van der Waals surface area contributed by atoms with Gasteiger partial charge in [0.2, 0.25) is 5.88 Å². The third-order valence-corrected chi connectivity index (χ3v) is 3.33. The molecule has 2 N–H and O–H groups in total. The van der Waals surface area contributed by atoms with E-state index in [-0.39, 0.29) is 5.02 Å². The first kappa shape index (κ1) is 14.4. The number of aromatic nitrogens is 4. The smallest absolute Gasteiger partial charge is 0.285 e. The molecule has 0 saturated heterocycles. The van der Waals surface area contributed by atoms with Crippen LogP contribution in [0.5, 0.6) is 5.88 Å². The molecule has 2 aromatic heterocycles. The lowest BCUT2D eigenvalue weighted by Crippen LogP contribution is -2.12. The number of ether oxygens (including phenoxy) is 1. The van der Waals surface area contributed by atoms with Crippen LogP contribution in [-0.4, -0.2) is 27.1 Å². The molecule has 0 fully saturated rings. The number of hydrogen-bond acceptors (Lipinski definition) is 5. The van der Waals surface area contributed by atoms with E-state index in [1.165, 1.54) is 6.20 Å². The molecule has 0 atom stereocenters.